The Balaban J connectivity index is 0.000000507. The summed E-state index contributed by atoms with van der Waals surface area (Å²) < 4.78 is 129. The van der Waals surface area contributed by atoms with E-state index in [4.69, 9.17) is 28.4 Å². The molecule has 0 aliphatic carbocycles. The molecule has 27 heteroatoms. The van der Waals surface area contributed by atoms with E-state index in [0.717, 1.165) is 147 Å². The number of nitrogens with zero attached hydrogens (tertiary/aromatic N) is 8. The van der Waals surface area contributed by atoms with Crippen LogP contribution in [0, 0.1) is 11.7 Å². The smallest absolute Gasteiger partial charge is 0.420 e. The molecule has 0 saturated heterocycles. The standard InChI is InChI=1S/C22H35N3O2.C21H33N3O2.C20H27F4N3O2.C20H28F3N3O2.3CH4/c1-7-8-9-25(5)16-18-15-23-24-21(18)17-12-19(22(2,3)4)14-20(13-17)27-11-10-26-6;1-7-8-9-24(4)14-17-13-22-23-21(17)16-11-19(25-5)18(10-15(2)3)20(12-16)26-6;1-4-6-7-27(3)11-14-10-25-26-18(14)13-8-16(20(22,23)24)19(17(21)9-13)29-15(5-2)12-28;1-4-6-7-26(3)12-15-11-24-25-19(15)14-8-16(20(21,22)23)10-18(9-14)28-17(5-2)13-27;;;/h12-15H,7-11,16H2,1-6H3,(H,23,24);11-13,15H,7-10,14H2,1-6H3,(H,22,23);8-10,15,28H,4-7,11-12H2,1-3H3,(H,25,26);8-11,17,27H,4-7,12-13H2,1-3H3,(H,24,25);3*1H4. The normalized spacial score (nSPS) is 12.1. The first-order chi connectivity index (χ1) is 52.3. The molecule has 0 aliphatic rings. The summed E-state index contributed by atoms with van der Waals surface area (Å²) in [5.41, 5.74) is 9.79. The van der Waals surface area contributed by atoms with E-state index in [1.54, 1.807) is 47.4 Å². The molecule has 8 aromatic rings. The fourth-order valence-electron chi connectivity index (χ4n) is 12.1. The molecule has 0 bridgehead atoms. The average Bonchev–Trinajstić information content (AvgIpc) is 1.80. The molecule has 8 rings (SSSR count). The van der Waals surface area contributed by atoms with Crippen LogP contribution in [0.15, 0.2) is 85.5 Å². The van der Waals surface area contributed by atoms with E-state index in [1.807, 2.05) is 31.4 Å². The number of aliphatic hydroxyl groups is 2. The van der Waals surface area contributed by atoms with Gasteiger partial charge in [0.2, 0.25) is 0 Å². The first kappa shape index (κ1) is 101. The van der Waals surface area contributed by atoms with E-state index in [0.29, 0.717) is 61.2 Å². The Morgan fingerprint density at radius 3 is 1.16 bits per heavy atom. The van der Waals surface area contributed by atoms with Crippen LogP contribution in [-0.4, -0.2) is 185 Å². The number of methoxy groups -OCH3 is 3. The van der Waals surface area contributed by atoms with Crippen LogP contribution in [0.3, 0.4) is 0 Å². The first-order valence-electron chi connectivity index (χ1n) is 38.4. The van der Waals surface area contributed by atoms with Gasteiger partial charge in [-0.05, 0) is 177 Å². The quantitative estimate of drug-likeness (QED) is 0.0155. The van der Waals surface area contributed by atoms with Gasteiger partial charge in [0.25, 0.3) is 0 Å². The molecule has 4 aromatic carbocycles. The summed E-state index contributed by atoms with van der Waals surface area (Å²) in [7, 11) is 13.3. The topological polar surface area (TPSA) is 224 Å². The average molecular weight is 1600 g/mol. The fraction of sp³-hybridized carbons (Fsp3) is 0.581. The summed E-state index contributed by atoms with van der Waals surface area (Å²) in [6.45, 7) is 30.1. The lowest BCUT2D eigenvalue weighted by Crippen LogP contribution is -2.22. The second-order valence-electron chi connectivity index (χ2n) is 29.5. The number of benzene rings is 4. The molecular weight excluding hydrogens is 1460 g/mol. The molecule has 20 nitrogen and oxygen atoms in total. The fourth-order valence-corrected chi connectivity index (χ4v) is 12.1. The highest BCUT2D eigenvalue weighted by atomic mass is 19.4. The highest BCUT2D eigenvalue weighted by Gasteiger charge is 2.38. The molecule has 6 N–H and O–H groups in total. The van der Waals surface area contributed by atoms with Crippen LogP contribution in [0.2, 0.25) is 0 Å². The van der Waals surface area contributed by atoms with Crippen molar-refractivity contribution in [1.29, 1.82) is 0 Å². The summed E-state index contributed by atoms with van der Waals surface area (Å²) in [5.74, 6) is 1.17. The predicted molar refractivity (Wildman–Crippen MR) is 443 cm³/mol. The summed E-state index contributed by atoms with van der Waals surface area (Å²) >= 11 is 0. The van der Waals surface area contributed by atoms with Gasteiger partial charge in [-0.15, -0.1) is 0 Å². The van der Waals surface area contributed by atoms with Crippen LogP contribution in [0.5, 0.6) is 28.7 Å². The third-order valence-corrected chi connectivity index (χ3v) is 18.4. The molecule has 0 fully saturated rings. The molecule has 2 unspecified atom stereocenters. The summed E-state index contributed by atoms with van der Waals surface area (Å²) in [6.07, 6.45) is 6.82. The van der Waals surface area contributed by atoms with Crippen molar-refractivity contribution in [3.8, 4) is 73.8 Å². The Hall–Kier alpha value is -8.05. The largest absolute Gasteiger partial charge is 0.496 e. The van der Waals surface area contributed by atoms with Crippen molar-refractivity contribution < 1.29 is 69.4 Å². The highest BCUT2D eigenvalue weighted by molar-refractivity contribution is 5.70. The van der Waals surface area contributed by atoms with E-state index in [-0.39, 0.29) is 52.0 Å². The second-order valence-corrected chi connectivity index (χ2v) is 29.5. The van der Waals surface area contributed by atoms with Crippen molar-refractivity contribution in [2.75, 3.05) is 102 Å². The van der Waals surface area contributed by atoms with Crippen molar-refractivity contribution in [1.82, 2.24) is 60.4 Å². The van der Waals surface area contributed by atoms with Crippen LogP contribution in [-0.2, 0) is 55.1 Å². The maximum absolute atomic E-state index is 14.7. The zero-order chi connectivity index (χ0) is 81.3. The molecule has 636 valence electrons. The maximum atomic E-state index is 14.7. The zero-order valence-electron chi connectivity index (χ0n) is 68.1. The number of ether oxygens (including phenoxy) is 6. The van der Waals surface area contributed by atoms with Gasteiger partial charge in [-0.2, -0.15) is 46.7 Å². The number of aromatic amines is 4. The molecule has 0 aliphatic heterocycles. The monoisotopic (exact) mass is 1600 g/mol. The molecule has 0 spiro atoms. The van der Waals surface area contributed by atoms with Crippen LogP contribution in [0.1, 0.15) is 207 Å². The number of alkyl halides is 6. The lowest BCUT2D eigenvalue weighted by atomic mass is 9.85. The zero-order valence-corrected chi connectivity index (χ0v) is 68.1. The van der Waals surface area contributed by atoms with Gasteiger partial charge in [-0.25, -0.2) is 4.39 Å². The van der Waals surface area contributed by atoms with Crippen molar-refractivity contribution in [3.63, 3.8) is 0 Å². The minimum absolute atomic E-state index is 0. The molecule has 113 heavy (non-hydrogen) atoms. The molecular formula is C86H135F7N12O8. The van der Waals surface area contributed by atoms with Gasteiger partial charge >= 0.3 is 12.4 Å². The summed E-state index contributed by atoms with van der Waals surface area (Å²) in [4.78, 5) is 8.83. The third kappa shape index (κ3) is 32.3. The molecule has 4 aromatic heterocycles. The van der Waals surface area contributed by atoms with Crippen LogP contribution < -0.4 is 23.7 Å². The molecule has 4 heterocycles. The highest BCUT2D eigenvalue weighted by Crippen LogP contribution is 2.43. The minimum atomic E-state index is -4.82. The SMILES string of the molecule is C.C.C.CCCCN(C)Cc1cn[nH]c1-c1cc(F)c(OC(CC)CO)c(C(F)(F)F)c1.CCCCN(C)Cc1cn[nH]c1-c1cc(OC(CC)CO)cc(C(F)(F)F)c1.CCCCN(C)Cc1cn[nH]c1-c1cc(OC)c(CC(C)C)c(OC)c1.CCCCN(C)Cc1cn[nH]c1-c1cc(OCCOC)cc(C(C)(C)C)c1. The number of hydrogen-bond acceptors (Lipinski definition) is 16. The third-order valence-electron chi connectivity index (χ3n) is 18.4. The Morgan fingerprint density at radius 1 is 0.460 bits per heavy atom. The van der Waals surface area contributed by atoms with Gasteiger partial charge in [0.1, 0.15) is 47.4 Å². The number of unbranched alkanes of at least 4 members (excludes halogenated alkanes) is 4. The van der Waals surface area contributed by atoms with Gasteiger partial charge < -0.3 is 58.2 Å². The van der Waals surface area contributed by atoms with E-state index >= 15 is 0 Å². The Kier molecular flexibility index (Phi) is 45.0. The second kappa shape index (κ2) is 50.3. The number of halogens is 7. The molecule has 0 saturated carbocycles. The van der Waals surface area contributed by atoms with Crippen LogP contribution >= 0.6 is 0 Å². The first-order valence-corrected chi connectivity index (χ1v) is 38.4. The minimum Gasteiger partial charge on any atom is -0.496 e. The van der Waals surface area contributed by atoms with Crippen molar-refractivity contribution in [3.05, 3.63) is 136 Å². The maximum Gasteiger partial charge on any atom is 0.420 e. The van der Waals surface area contributed by atoms with Gasteiger partial charge in [0.05, 0.1) is 87.2 Å². The molecule has 2 atom stereocenters. The van der Waals surface area contributed by atoms with E-state index < -0.39 is 53.9 Å². The van der Waals surface area contributed by atoms with Crippen LogP contribution in [0.25, 0.3) is 45.0 Å². The number of hydrogen-bond donors (Lipinski definition) is 6. The van der Waals surface area contributed by atoms with E-state index in [9.17, 15) is 40.9 Å². The van der Waals surface area contributed by atoms with Gasteiger partial charge in [0.15, 0.2) is 11.6 Å². The van der Waals surface area contributed by atoms with E-state index in [1.165, 1.54) is 48.6 Å². The molecule has 0 radical (unpaired) electrons. The Labute approximate surface area is 669 Å². The van der Waals surface area contributed by atoms with Crippen molar-refractivity contribution >= 4 is 0 Å². The number of rotatable bonds is 40. The van der Waals surface area contributed by atoms with E-state index in [2.05, 4.69) is 162 Å². The Bertz CT molecular complexity index is 3910. The van der Waals surface area contributed by atoms with Gasteiger partial charge in [-0.1, -0.05) is 124 Å². The molecule has 0 amide bonds. The number of aliphatic hydroxyl groups excluding tert-OH is 2. The number of nitrogens with one attached hydrogen (secondary N) is 4. The summed E-state index contributed by atoms with van der Waals surface area (Å²) in [5, 5.41) is 46.9. The Morgan fingerprint density at radius 2 is 0.823 bits per heavy atom. The number of H-pyrrole nitrogens is 4. The van der Waals surface area contributed by atoms with Crippen LogP contribution in [0.4, 0.5) is 30.7 Å². The van der Waals surface area contributed by atoms with Crippen molar-refractivity contribution in [2.45, 2.75) is 225 Å². The van der Waals surface area contributed by atoms with Crippen molar-refractivity contribution in [2.24, 2.45) is 5.92 Å². The predicted octanol–water partition coefficient (Wildman–Crippen LogP) is 20.2. The van der Waals surface area contributed by atoms with Gasteiger partial charge in [-0.3, -0.25) is 20.4 Å². The number of aromatic nitrogens is 8. The van der Waals surface area contributed by atoms with Gasteiger partial charge in [0, 0.05) is 83.4 Å². The lowest BCUT2D eigenvalue weighted by Gasteiger charge is -2.22. The lowest BCUT2D eigenvalue weighted by molar-refractivity contribution is -0.140. The summed E-state index contributed by atoms with van der Waals surface area (Å²) in [6, 6.07) is 16.1.